The number of hydrogen-bond acceptors (Lipinski definition) is 5. The molecule has 3 nitrogen and oxygen atoms in total. The summed E-state index contributed by atoms with van der Waals surface area (Å²) in [6.45, 7) is 2.94. The van der Waals surface area contributed by atoms with E-state index >= 15 is 0 Å². The molecule has 1 N–H and O–H groups in total. The quantitative estimate of drug-likeness (QED) is 0.326. The molecular formula is C17H25NO2S3. The Morgan fingerprint density at radius 1 is 1.00 bits per heavy atom. The van der Waals surface area contributed by atoms with Crippen LogP contribution in [-0.2, 0) is 9.59 Å². The minimum atomic E-state index is 0.130. The first-order valence-corrected chi connectivity index (χ1v) is 11.3. The molecule has 0 aromatic heterocycles. The number of nitrogens with one attached hydrogen (secondary N) is 1. The fourth-order valence-electron chi connectivity index (χ4n) is 1.74. The van der Waals surface area contributed by atoms with Crippen molar-refractivity contribution in [2.75, 3.05) is 18.1 Å². The standard InChI is InChI=1S/C17H25NO2S3/c1-2-3-7-12-18-16(19)10-13-21-22-14-11-17(20)23-15-8-5-4-6-9-15/h4-6,8-9H,2-3,7,10-14H2,1H3,(H,18,19). The summed E-state index contributed by atoms with van der Waals surface area (Å²) in [4.78, 5) is 24.4. The summed E-state index contributed by atoms with van der Waals surface area (Å²) in [6, 6.07) is 9.72. The molecular weight excluding hydrogens is 346 g/mol. The third-order valence-corrected chi connectivity index (χ3v) is 6.31. The molecule has 0 saturated carbocycles. The van der Waals surface area contributed by atoms with Crippen LogP contribution in [0.15, 0.2) is 35.2 Å². The first kappa shape index (κ1) is 20.5. The van der Waals surface area contributed by atoms with Gasteiger partial charge in [0.15, 0.2) is 5.12 Å². The highest BCUT2D eigenvalue weighted by atomic mass is 33.1. The zero-order valence-electron chi connectivity index (χ0n) is 13.6. The number of amides is 1. The van der Waals surface area contributed by atoms with Gasteiger partial charge >= 0.3 is 0 Å². The van der Waals surface area contributed by atoms with Crippen LogP contribution in [0.2, 0.25) is 0 Å². The average Bonchev–Trinajstić information content (AvgIpc) is 2.56. The molecule has 0 unspecified atom stereocenters. The molecule has 1 aromatic carbocycles. The summed E-state index contributed by atoms with van der Waals surface area (Å²) < 4.78 is 0. The maximum atomic E-state index is 11.8. The van der Waals surface area contributed by atoms with Gasteiger partial charge in [-0.3, -0.25) is 9.59 Å². The molecule has 23 heavy (non-hydrogen) atoms. The second-order valence-corrected chi connectivity index (χ2v) is 8.82. The topological polar surface area (TPSA) is 46.2 Å². The number of benzene rings is 1. The predicted molar refractivity (Wildman–Crippen MR) is 104 cm³/mol. The van der Waals surface area contributed by atoms with Gasteiger partial charge < -0.3 is 5.32 Å². The van der Waals surface area contributed by atoms with Crippen LogP contribution in [0.5, 0.6) is 0 Å². The van der Waals surface area contributed by atoms with Gasteiger partial charge in [-0.2, -0.15) is 0 Å². The van der Waals surface area contributed by atoms with Crippen LogP contribution in [0.3, 0.4) is 0 Å². The van der Waals surface area contributed by atoms with E-state index in [1.165, 1.54) is 24.6 Å². The van der Waals surface area contributed by atoms with Crippen molar-refractivity contribution in [2.24, 2.45) is 0 Å². The van der Waals surface area contributed by atoms with E-state index in [2.05, 4.69) is 12.2 Å². The molecule has 0 saturated heterocycles. The minimum Gasteiger partial charge on any atom is -0.356 e. The SMILES string of the molecule is CCCCCNC(=O)CCSSCCC(=O)Sc1ccccc1. The van der Waals surface area contributed by atoms with Crippen molar-refractivity contribution in [2.45, 2.75) is 43.9 Å². The van der Waals surface area contributed by atoms with E-state index in [4.69, 9.17) is 0 Å². The van der Waals surface area contributed by atoms with Crippen molar-refractivity contribution in [1.82, 2.24) is 5.32 Å². The molecule has 6 heteroatoms. The zero-order valence-corrected chi connectivity index (χ0v) is 16.0. The first-order valence-electron chi connectivity index (χ1n) is 7.99. The fraction of sp³-hybridized carbons (Fsp3) is 0.529. The third kappa shape index (κ3) is 11.6. The van der Waals surface area contributed by atoms with E-state index < -0.39 is 0 Å². The summed E-state index contributed by atoms with van der Waals surface area (Å²) in [7, 11) is 3.34. The molecule has 0 fully saturated rings. The van der Waals surface area contributed by atoms with Crippen molar-refractivity contribution >= 4 is 44.4 Å². The maximum Gasteiger partial charge on any atom is 0.220 e. The zero-order chi connectivity index (χ0) is 16.8. The lowest BCUT2D eigenvalue weighted by molar-refractivity contribution is -0.120. The molecule has 1 rings (SSSR count). The molecule has 0 aliphatic heterocycles. The smallest absolute Gasteiger partial charge is 0.220 e. The second kappa shape index (κ2) is 13.8. The molecule has 0 aliphatic rings. The number of rotatable bonds is 12. The van der Waals surface area contributed by atoms with Gasteiger partial charge in [0.05, 0.1) is 0 Å². The lowest BCUT2D eigenvalue weighted by Crippen LogP contribution is -2.24. The lowest BCUT2D eigenvalue weighted by atomic mass is 10.2. The summed E-state index contributed by atoms with van der Waals surface area (Å²) in [5.41, 5.74) is 0. The van der Waals surface area contributed by atoms with Gasteiger partial charge in [0.2, 0.25) is 5.91 Å². The van der Waals surface area contributed by atoms with Gasteiger partial charge in [-0.15, -0.1) is 0 Å². The molecule has 0 atom stereocenters. The minimum absolute atomic E-state index is 0.130. The van der Waals surface area contributed by atoms with Crippen LogP contribution < -0.4 is 5.32 Å². The van der Waals surface area contributed by atoms with E-state index in [9.17, 15) is 9.59 Å². The summed E-state index contributed by atoms with van der Waals surface area (Å²) >= 11 is 1.30. The Bertz CT molecular complexity index is 454. The molecule has 0 spiro atoms. The Morgan fingerprint density at radius 2 is 1.70 bits per heavy atom. The Labute approximate surface area is 151 Å². The van der Waals surface area contributed by atoms with Gasteiger partial charge in [-0.1, -0.05) is 71.3 Å². The van der Waals surface area contributed by atoms with Crippen LogP contribution in [-0.4, -0.2) is 29.1 Å². The highest BCUT2D eigenvalue weighted by Gasteiger charge is 2.05. The Hall–Kier alpha value is -0.590. The Balaban J connectivity index is 1.94. The number of carbonyl (C=O) groups is 2. The van der Waals surface area contributed by atoms with Crippen molar-refractivity contribution < 1.29 is 9.59 Å². The number of thioether (sulfide) groups is 1. The van der Waals surface area contributed by atoms with Crippen molar-refractivity contribution in [3.63, 3.8) is 0 Å². The molecule has 1 aromatic rings. The molecule has 128 valence electrons. The second-order valence-electron chi connectivity index (χ2n) is 4.99. The summed E-state index contributed by atoms with van der Waals surface area (Å²) in [5, 5.41) is 3.13. The van der Waals surface area contributed by atoms with E-state index in [0.29, 0.717) is 12.8 Å². The average molecular weight is 372 g/mol. The van der Waals surface area contributed by atoms with Crippen LogP contribution in [0.4, 0.5) is 0 Å². The molecule has 0 bridgehead atoms. The van der Waals surface area contributed by atoms with Gasteiger partial charge in [0.1, 0.15) is 0 Å². The van der Waals surface area contributed by atoms with Gasteiger partial charge in [0, 0.05) is 35.8 Å². The molecule has 1 amide bonds. The predicted octanol–water partition coefficient (Wildman–Crippen LogP) is 4.77. The van der Waals surface area contributed by atoms with E-state index in [-0.39, 0.29) is 11.0 Å². The Kier molecular flexibility index (Phi) is 12.3. The Morgan fingerprint density at radius 3 is 2.39 bits per heavy atom. The van der Waals surface area contributed by atoms with Gasteiger partial charge in [-0.05, 0) is 18.6 Å². The summed E-state index contributed by atoms with van der Waals surface area (Å²) in [6.07, 6.45) is 4.51. The number of unbranched alkanes of at least 4 members (excludes halogenated alkanes) is 2. The normalized spacial score (nSPS) is 10.5. The van der Waals surface area contributed by atoms with Gasteiger partial charge in [0.25, 0.3) is 0 Å². The maximum absolute atomic E-state index is 11.8. The number of carbonyl (C=O) groups excluding carboxylic acids is 2. The highest BCUT2D eigenvalue weighted by Crippen LogP contribution is 2.25. The molecule has 0 aliphatic carbocycles. The lowest BCUT2D eigenvalue weighted by Gasteiger charge is -2.04. The monoisotopic (exact) mass is 371 g/mol. The van der Waals surface area contributed by atoms with Crippen LogP contribution in [0.25, 0.3) is 0 Å². The largest absolute Gasteiger partial charge is 0.356 e. The summed E-state index contributed by atoms with van der Waals surface area (Å²) in [5.74, 6) is 1.72. The van der Waals surface area contributed by atoms with Crippen molar-refractivity contribution in [3.05, 3.63) is 30.3 Å². The molecule has 0 heterocycles. The van der Waals surface area contributed by atoms with Crippen molar-refractivity contribution in [1.29, 1.82) is 0 Å². The van der Waals surface area contributed by atoms with Crippen LogP contribution in [0.1, 0.15) is 39.0 Å². The molecule has 0 radical (unpaired) electrons. The van der Waals surface area contributed by atoms with E-state index in [1.807, 2.05) is 30.3 Å². The highest BCUT2D eigenvalue weighted by molar-refractivity contribution is 8.76. The van der Waals surface area contributed by atoms with Crippen LogP contribution in [0, 0.1) is 0 Å². The van der Waals surface area contributed by atoms with Gasteiger partial charge in [-0.25, -0.2) is 0 Å². The number of hydrogen-bond donors (Lipinski definition) is 1. The van der Waals surface area contributed by atoms with E-state index in [1.54, 1.807) is 21.6 Å². The third-order valence-electron chi connectivity index (χ3n) is 2.96. The van der Waals surface area contributed by atoms with E-state index in [0.717, 1.165) is 29.4 Å². The van der Waals surface area contributed by atoms with Crippen LogP contribution >= 0.6 is 33.3 Å². The van der Waals surface area contributed by atoms with Crippen molar-refractivity contribution in [3.8, 4) is 0 Å². The fourth-order valence-corrected chi connectivity index (χ4v) is 4.61. The first-order chi connectivity index (χ1) is 11.2.